The monoisotopic (exact) mass is 442 g/mol. The van der Waals surface area contributed by atoms with E-state index in [0.29, 0.717) is 21.3 Å². The molecule has 2 aromatic carbocycles. The summed E-state index contributed by atoms with van der Waals surface area (Å²) in [6, 6.07) is 13.2. The highest BCUT2D eigenvalue weighted by Crippen LogP contribution is 2.42. The summed E-state index contributed by atoms with van der Waals surface area (Å²) >= 11 is 12.7. The number of hydrogen-bond donors (Lipinski definition) is 0. The Morgan fingerprint density at radius 1 is 1.03 bits per heavy atom. The van der Waals surface area contributed by atoms with Gasteiger partial charge in [-0.3, -0.25) is 0 Å². The molecule has 1 fully saturated rings. The number of ether oxygens (including phenoxy) is 1. The van der Waals surface area contributed by atoms with Gasteiger partial charge in [-0.2, -0.15) is 0 Å². The van der Waals surface area contributed by atoms with Crippen molar-refractivity contribution in [2.75, 3.05) is 18.0 Å². The third-order valence-corrected chi connectivity index (χ3v) is 5.52. The van der Waals surface area contributed by atoms with Crippen LogP contribution in [-0.4, -0.2) is 29.6 Å². The van der Waals surface area contributed by atoms with E-state index >= 15 is 0 Å². The Bertz CT molecular complexity index is 1120. The molecule has 1 aromatic heterocycles. The second-order valence-electron chi connectivity index (χ2n) is 8.55. The van der Waals surface area contributed by atoms with Gasteiger partial charge in [-0.25, -0.2) is 9.78 Å². The number of pyridine rings is 1. The van der Waals surface area contributed by atoms with E-state index in [1.165, 1.54) is 0 Å². The van der Waals surface area contributed by atoms with Gasteiger partial charge in [0.1, 0.15) is 5.60 Å². The number of benzene rings is 2. The number of aromatic nitrogens is 1. The SMILES string of the molecule is CC(C)(C)OC(=O)c1nc2ccc(Cl)cc2c(-c2cccc(Cl)c2)c1N1CCCC1. The molecule has 4 rings (SSSR count). The van der Waals surface area contributed by atoms with Crippen LogP contribution < -0.4 is 4.90 Å². The van der Waals surface area contributed by atoms with Crippen LogP contribution in [-0.2, 0) is 4.74 Å². The van der Waals surface area contributed by atoms with E-state index in [1.54, 1.807) is 6.07 Å². The van der Waals surface area contributed by atoms with Crippen LogP contribution in [0.25, 0.3) is 22.0 Å². The van der Waals surface area contributed by atoms with Crippen molar-refractivity contribution in [3.8, 4) is 11.1 Å². The second-order valence-corrected chi connectivity index (χ2v) is 9.42. The van der Waals surface area contributed by atoms with Crippen LogP contribution in [0.1, 0.15) is 44.1 Å². The van der Waals surface area contributed by atoms with Gasteiger partial charge in [-0.1, -0.05) is 35.3 Å². The zero-order valence-electron chi connectivity index (χ0n) is 17.3. The summed E-state index contributed by atoms with van der Waals surface area (Å²) in [7, 11) is 0. The summed E-state index contributed by atoms with van der Waals surface area (Å²) < 4.78 is 5.73. The van der Waals surface area contributed by atoms with Crippen LogP contribution in [0.4, 0.5) is 5.69 Å². The summed E-state index contributed by atoms with van der Waals surface area (Å²) in [4.78, 5) is 20.2. The lowest BCUT2D eigenvalue weighted by molar-refractivity contribution is 0.00642. The maximum atomic E-state index is 13.2. The lowest BCUT2D eigenvalue weighted by Gasteiger charge is -2.27. The quantitative estimate of drug-likeness (QED) is 0.419. The molecule has 1 aliphatic rings. The zero-order chi connectivity index (χ0) is 21.5. The smallest absolute Gasteiger partial charge is 0.359 e. The van der Waals surface area contributed by atoms with Gasteiger partial charge in [0.15, 0.2) is 5.69 Å². The predicted octanol–water partition coefficient (Wildman–Crippen LogP) is 6.76. The maximum absolute atomic E-state index is 13.2. The summed E-state index contributed by atoms with van der Waals surface area (Å²) in [5, 5.41) is 2.13. The number of fused-ring (bicyclic) bond motifs is 1. The number of esters is 1. The number of hydrogen-bond acceptors (Lipinski definition) is 4. The average Bonchev–Trinajstić information content (AvgIpc) is 3.19. The van der Waals surface area contributed by atoms with E-state index in [4.69, 9.17) is 32.9 Å². The van der Waals surface area contributed by atoms with Crippen molar-refractivity contribution < 1.29 is 9.53 Å². The Morgan fingerprint density at radius 2 is 1.73 bits per heavy atom. The highest BCUT2D eigenvalue weighted by atomic mass is 35.5. The second kappa shape index (κ2) is 8.09. The van der Waals surface area contributed by atoms with Crippen molar-refractivity contribution in [1.82, 2.24) is 4.98 Å². The molecule has 0 bridgehead atoms. The Kier molecular flexibility index (Phi) is 5.65. The molecule has 6 heteroatoms. The first kappa shape index (κ1) is 21.0. The highest BCUT2D eigenvalue weighted by Gasteiger charge is 2.30. The minimum Gasteiger partial charge on any atom is -0.455 e. The number of anilines is 1. The van der Waals surface area contributed by atoms with Crippen LogP contribution in [0.3, 0.4) is 0 Å². The molecule has 30 heavy (non-hydrogen) atoms. The number of halogens is 2. The van der Waals surface area contributed by atoms with Gasteiger partial charge < -0.3 is 9.64 Å². The summed E-state index contributed by atoms with van der Waals surface area (Å²) in [5.74, 6) is -0.426. The molecule has 2 heterocycles. The molecule has 0 spiro atoms. The molecule has 156 valence electrons. The van der Waals surface area contributed by atoms with Crippen LogP contribution >= 0.6 is 23.2 Å². The molecule has 0 N–H and O–H groups in total. The molecule has 4 nitrogen and oxygen atoms in total. The lowest BCUT2D eigenvalue weighted by Crippen LogP contribution is -2.28. The zero-order valence-corrected chi connectivity index (χ0v) is 18.8. The fourth-order valence-electron chi connectivity index (χ4n) is 3.88. The largest absolute Gasteiger partial charge is 0.455 e. The average molecular weight is 443 g/mol. The van der Waals surface area contributed by atoms with E-state index in [2.05, 4.69) is 4.90 Å². The Labute approximate surface area is 186 Å². The molecule has 1 aliphatic heterocycles. The first-order valence-electron chi connectivity index (χ1n) is 10.1. The third-order valence-electron chi connectivity index (χ3n) is 5.05. The molecule has 3 aromatic rings. The molecule has 0 unspecified atom stereocenters. The number of nitrogens with zero attached hydrogens (tertiary/aromatic N) is 2. The van der Waals surface area contributed by atoms with E-state index in [9.17, 15) is 4.79 Å². The number of rotatable bonds is 3. The Balaban J connectivity index is 2.07. The van der Waals surface area contributed by atoms with Gasteiger partial charge in [0, 0.05) is 34.1 Å². The first-order chi connectivity index (χ1) is 14.2. The van der Waals surface area contributed by atoms with Gasteiger partial charge in [0.25, 0.3) is 0 Å². The molecular formula is C24H24Cl2N2O2. The van der Waals surface area contributed by atoms with Crippen molar-refractivity contribution in [2.24, 2.45) is 0 Å². The fraction of sp³-hybridized carbons (Fsp3) is 0.333. The van der Waals surface area contributed by atoms with Crippen LogP contribution in [0.2, 0.25) is 10.0 Å². The van der Waals surface area contributed by atoms with Crippen molar-refractivity contribution in [2.45, 2.75) is 39.2 Å². The van der Waals surface area contributed by atoms with Crippen molar-refractivity contribution in [1.29, 1.82) is 0 Å². The Morgan fingerprint density at radius 3 is 2.40 bits per heavy atom. The predicted molar refractivity (Wildman–Crippen MR) is 124 cm³/mol. The van der Waals surface area contributed by atoms with Crippen LogP contribution in [0, 0.1) is 0 Å². The molecule has 1 saturated heterocycles. The minimum atomic E-state index is -0.619. The fourth-order valence-corrected chi connectivity index (χ4v) is 4.24. The molecule has 0 atom stereocenters. The van der Waals surface area contributed by atoms with Crippen LogP contribution in [0.5, 0.6) is 0 Å². The van der Waals surface area contributed by atoms with Crippen molar-refractivity contribution in [3.63, 3.8) is 0 Å². The van der Waals surface area contributed by atoms with E-state index in [0.717, 1.165) is 48.1 Å². The van der Waals surface area contributed by atoms with Gasteiger partial charge in [0.05, 0.1) is 11.2 Å². The molecule has 0 aliphatic carbocycles. The Hall–Kier alpha value is -2.30. The molecule has 0 radical (unpaired) electrons. The van der Waals surface area contributed by atoms with E-state index < -0.39 is 11.6 Å². The summed E-state index contributed by atoms with van der Waals surface area (Å²) in [6.07, 6.45) is 2.13. The molecule has 0 saturated carbocycles. The maximum Gasteiger partial charge on any atom is 0.359 e. The topological polar surface area (TPSA) is 42.4 Å². The summed E-state index contributed by atoms with van der Waals surface area (Å²) in [5.41, 5.74) is 3.02. The minimum absolute atomic E-state index is 0.330. The highest BCUT2D eigenvalue weighted by molar-refractivity contribution is 6.32. The first-order valence-corrected chi connectivity index (χ1v) is 10.9. The van der Waals surface area contributed by atoms with Crippen molar-refractivity contribution >= 4 is 45.8 Å². The standard InChI is InChI=1S/C24H24Cl2N2O2/c1-24(2,3)30-23(29)21-22(28-11-4-5-12-28)20(15-7-6-8-16(25)13-15)18-14-17(26)9-10-19(18)27-21/h6-10,13-14H,4-5,11-12H2,1-3H3. The van der Waals surface area contributed by atoms with Gasteiger partial charge in [-0.15, -0.1) is 0 Å². The van der Waals surface area contributed by atoms with Gasteiger partial charge in [-0.05, 0) is 69.5 Å². The van der Waals surface area contributed by atoms with Crippen LogP contribution in [0.15, 0.2) is 42.5 Å². The third kappa shape index (κ3) is 4.26. The van der Waals surface area contributed by atoms with E-state index in [-0.39, 0.29) is 0 Å². The summed E-state index contributed by atoms with van der Waals surface area (Å²) in [6.45, 7) is 7.30. The molecular weight excluding hydrogens is 419 g/mol. The van der Waals surface area contributed by atoms with E-state index in [1.807, 2.05) is 57.2 Å². The normalized spacial score (nSPS) is 14.4. The van der Waals surface area contributed by atoms with Gasteiger partial charge in [0.2, 0.25) is 0 Å². The van der Waals surface area contributed by atoms with Gasteiger partial charge >= 0.3 is 5.97 Å². The lowest BCUT2D eigenvalue weighted by atomic mass is 9.96. The van der Waals surface area contributed by atoms with Crippen molar-refractivity contribution in [3.05, 3.63) is 58.2 Å². The molecule has 0 amide bonds. The number of carbonyl (C=O) groups is 1. The number of carbonyl (C=O) groups excluding carboxylic acids is 1.